The smallest absolute Gasteiger partial charge is 0.238 e. The van der Waals surface area contributed by atoms with Gasteiger partial charge < -0.3 is 16.0 Å². The van der Waals surface area contributed by atoms with Crippen molar-refractivity contribution in [2.75, 3.05) is 43.4 Å². The normalized spacial score (nSPS) is 16.0. The monoisotopic (exact) mass is 290 g/mol. The highest BCUT2D eigenvalue weighted by molar-refractivity contribution is 5.94. The molecule has 0 spiro atoms. The number of anilines is 2. The molecule has 0 radical (unpaired) electrons. The average molecular weight is 290 g/mol. The first-order valence-corrected chi connectivity index (χ1v) is 7.24. The molecule has 0 aliphatic carbocycles. The highest BCUT2D eigenvalue weighted by Gasteiger charge is 2.12. The maximum atomic E-state index is 12.1. The molecule has 21 heavy (non-hydrogen) atoms. The zero-order valence-electron chi connectivity index (χ0n) is 12.3. The number of nitrogens with one attached hydrogen (secondary N) is 3. The summed E-state index contributed by atoms with van der Waals surface area (Å²) >= 11 is 0. The number of rotatable bonds is 4. The largest absolute Gasteiger partial charge is 0.326 e. The van der Waals surface area contributed by atoms with Gasteiger partial charge in [-0.3, -0.25) is 14.5 Å². The number of nitrogens with zero attached hydrogens (tertiary/aromatic N) is 1. The van der Waals surface area contributed by atoms with E-state index in [1.165, 1.54) is 6.92 Å². The summed E-state index contributed by atoms with van der Waals surface area (Å²) in [6.45, 7) is 5.61. The van der Waals surface area contributed by atoms with Gasteiger partial charge in [0.2, 0.25) is 11.8 Å². The molecule has 1 aliphatic rings. The second-order valence-corrected chi connectivity index (χ2v) is 5.19. The molecule has 0 aromatic heterocycles. The molecule has 1 aliphatic heterocycles. The summed E-state index contributed by atoms with van der Waals surface area (Å²) in [4.78, 5) is 25.2. The van der Waals surface area contributed by atoms with Crippen molar-refractivity contribution in [2.24, 2.45) is 0 Å². The molecule has 0 bridgehead atoms. The highest BCUT2D eigenvalue weighted by atomic mass is 16.2. The summed E-state index contributed by atoms with van der Waals surface area (Å²) < 4.78 is 0. The van der Waals surface area contributed by atoms with E-state index in [0.717, 1.165) is 32.6 Å². The molecule has 114 valence electrons. The van der Waals surface area contributed by atoms with Gasteiger partial charge in [0.25, 0.3) is 0 Å². The molecule has 0 atom stereocenters. The fourth-order valence-corrected chi connectivity index (χ4v) is 2.34. The van der Waals surface area contributed by atoms with Crippen LogP contribution in [0.2, 0.25) is 0 Å². The van der Waals surface area contributed by atoms with Crippen molar-refractivity contribution in [2.45, 2.75) is 13.3 Å². The second-order valence-electron chi connectivity index (χ2n) is 5.19. The van der Waals surface area contributed by atoms with Crippen LogP contribution in [0.25, 0.3) is 0 Å². The van der Waals surface area contributed by atoms with Crippen LogP contribution in [-0.2, 0) is 9.59 Å². The Hall–Kier alpha value is -1.92. The zero-order chi connectivity index (χ0) is 15.1. The third-order valence-corrected chi connectivity index (χ3v) is 3.27. The van der Waals surface area contributed by atoms with E-state index >= 15 is 0 Å². The van der Waals surface area contributed by atoms with Crippen molar-refractivity contribution in [3.8, 4) is 0 Å². The van der Waals surface area contributed by atoms with Gasteiger partial charge in [-0.25, -0.2) is 0 Å². The maximum absolute atomic E-state index is 12.1. The van der Waals surface area contributed by atoms with Gasteiger partial charge in [0, 0.05) is 31.4 Å². The molecular weight excluding hydrogens is 268 g/mol. The summed E-state index contributed by atoms with van der Waals surface area (Å²) in [5.41, 5.74) is 1.37. The van der Waals surface area contributed by atoms with Gasteiger partial charge in [0.15, 0.2) is 0 Å². The Labute approximate surface area is 124 Å². The lowest BCUT2D eigenvalue weighted by Gasteiger charge is -2.18. The lowest BCUT2D eigenvalue weighted by atomic mass is 10.2. The third-order valence-electron chi connectivity index (χ3n) is 3.27. The minimum absolute atomic E-state index is 0.0307. The van der Waals surface area contributed by atoms with Crippen LogP contribution in [0.15, 0.2) is 24.3 Å². The molecule has 0 saturated carbocycles. The number of hydrogen-bond acceptors (Lipinski definition) is 4. The van der Waals surface area contributed by atoms with E-state index < -0.39 is 0 Å². The third kappa shape index (κ3) is 5.53. The molecule has 1 aromatic rings. The van der Waals surface area contributed by atoms with Crippen LogP contribution in [0.1, 0.15) is 13.3 Å². The maximum Gasteiger partial charge on any atom is 0.238 e. The van der Waals surface area contributed by atoms with Crippen molar-refractivity contribution in [3.05, 3.63) is 24.3 Å². The van der Waals surface area contributed by atoms with Crippen molar-refractivity contribution < 1.29 is 9.59 Å². The van der Waals surface area contributed by atoms with Crippen molar-refractivity contribution >= 4 is 23.2 Å². The van der Waals surface area contributed by atoms with E-state index in [9.17, 15) is 9.59 Å². The molecule has 2 amide bonds. The first-order chi connectivity index (χ1) is 10.1. The van der Waals surface area contributed by atoms with Gasteiger partial charge in [0.05, 0.1) is 6.54 Å². The van der Waals surface area contributed by atoms with Gasteiger partial charge in [-0.05, 0) is 37.7 Å². The Morgan fingerprint density at radius 1 is 1.19 bits per heavy atom. The predicted molar refractivity (Wildman–Crippen MR) is 83.3 cm³/mol. The van der Waals surface area contributed by atoms with Gasteiger partial charge >= 0.3 is 0 Å². The van der Waals surface area contributed by atoms with Crippen LogP contribution in [0, 0.1) is 0 Å². The molecule has 6 heteroatoms. The number of carbonyl (C=O) groups is 2. The Morgan fingerprint density at radius 3 is 2.71 bits per heavy atom. The van der Waals surface area contributed by atoms with E-state index in [0.29, 0.717) is 17.9 Å². The summed E-state index contributed by atoms with van der Waals surface area (Å²) in [7, 11) is 0. The number of hydrogen-bond donors (Lipinski definition) is 3. The quantitative estimate of drug-likeness (QED) is 0.769. The zero-order valence-corrected chi connectivity index (χ0v) is 12.3. The van der Waals surface area contributed by atoms with E-state index in [1.807, 2.05) is 6.07 Å². The molecule has 1 fully saturated rings. The number of benzene rings is 1. The van der Waals surface area contributed by atoms with Crippen molar-refractivity contribution in [1.82, 2.24) is 10.2 Å². The Bertz CT molecular complexity index is 496. The SMILES string of the molecule is CC(=O)Nc1cccc(NC(=O)CN2CCCNCC2)c1. The van der Waals surface area contributed by atoms with Gasteiger partial charge in [-0.1, -0.05) is 6.07 Å². The van der Waals surface area contributed by atoms with Crippen LogP contribution in [0.4, 0.5) is 11.4 Å². The molecule has 0 unspecified atom stereocenters. The lowest BCUT2D eigenvalue weighted by Crippen LogP contribution is -2.35. The summed E-state index contributed by atoms with van der Waals surface area (Å²) in [6.07, 6.45) is 1.06. The van der Waals surface area contributed by atoms with Gasteiger partial charge in [0.1, 0.15) is 0 Å². The Kier molecular flexibility index (Phi) is 5.71. The van der Waals surface area contributed by atoms with Crippen LogP contribution in [0.5, 0.6) is 0 Å². The van der Waals surface area contributed by atoms with E-state index in [1.54, 1.807) is 18.2 Å². The highest BCUT2D eigenvalue weighted by Crippen LogP contribution is 2.15. The Balaban J connectivity index is 1.88. The van der Waals surface area contributed by atoms with E-state index in [-0.39, 0.29) is 11.8 Å². The minimum Gasteiger partial charge on any atom is -0.326 e. The molecule has 1 aromatic carbocycles. The molecule has 2 rings (SSSR count). The van der Waals surface area contributed by atoms with Gasteiger partial charge in [-0.2, -0.15) is 0 Å². The van der Waals surface area contributed by atoms with Crippen molar-refractivity contribution in [1.29, 1.82) is 0 Å². The predicted octanol–water partition coefficient (Wildman–Crippen LogP) is 0.879. The number of amides is 2. The summed E-state index contributed by atoms with van der Waals surface area (Å²) in [5.74, 6) is -0.160. The van der Waals surface area contributed by atoms with Crippen LogP contribution in [0.3, 0.4) is 0 Å². The average Bonchev–Trinajstić information content (AvgIpc) is 2.66. The van der Waals surface area contributed by atoms with Crippen LogP contribution < -0.4 is 16.0 Å². The molecule has 6 nitrogen and oxygen atoms in total. The fraction of sp³-hybridized carbons (Fsp3) is 0.467. The molecular formula is C15H22N4O2. The van der Waals surface area contributed by atoms with Crippen molar-refractivity contribution in [3.63, 3.8) is 0 Å². The van der Waals surface area contributed by atoms with Crippen LogP contribution in [-0.4, -0.2) is 49.4 Å². The molecule has 1 saturated heterocycles. The first-order valence-electron chi connectivity index (χ1n) is 7.24. The minimum atomic E-state index is -0.129. The Morgan fingerprint density at radius 2 is 1.95 bits per heavy atom. The summed E-state index contributed by atoms with van der Waals surface area (Å²) in [6, 6.07) is 7.16. The lowest BCUT2D eigenvalue weighted by molar-refractivity contribution is -0.117. The second kappa shape index (κ2) is 7.75. The topological polar surface area (TPSA) is 73.5 Å². The standard InChI is InChI=1S/C15H22N4O2/c1-12(20)17-13-4-2-5-14(10-13)18-15(21)11-19-8-3-6-16-7-9-19/h2,4-5,10,16H,3,6-9,11H2,1H3,(H,17,20)(H,18,21). The first kappa shape index (κ1) is 15.5. The number of carbonyl (C=O) groups excluding carboxylic acids is 2. The van der Waals surface area contributed by atoms with Gasteiger partial charge in [-0.15, -0.1) is 0 Å². The van der Waals surface area contributed by atoms with Crippen LogP contribution >= 0.6 is 0 Å². The van der Waals surface area contributed by atoms with E-state index in [4.69, 9.17) is 0 Å². The molecule has 3 N–H and O–H groups in total. The molecule has 1 heterocycles. The fourth-order valence-electron chi connectivity index (χ4n) is 2.34. The van der Waals surface area contributed by atoms with E-state index in [2.05, 4.69) is 20.9 Å². The summed E-state index contributed by atoms with van der Waals surface area (Å²) in [5, 5.41) is 8.88.